The Kier molecular flexibility index (Phi) is 1.78. The second kappa shape index (κ2) is 2.80. The molecule has 0 bridgehead atoms. The molecule has 0 aliphatic heterocycles. The molecule has 0 N–H and O–H groups in total. The fourth-order valence-corrected chi connectivity index (χ4v) is 1.52. The van der Waals surface area contributed by atoms with Crippen molar-refractivity contribution in [1.29, 1.82) is 0 Å². The summed E-state index contributed by atoms with van der Waals surface area (Å²) in [6, 6.07) is 12.9. The molecule has 0 aliphatic carbocycles. The van der Waals surface area contributed by atoms with E-state index in [1.165, 1.54) is 0 Å². The van der Waals surface area contributed by atoms with Gasteiger partial charge in [-0.05, 0) is 30.0 Å². The molecule has 0 spiro atoms. The third-order valence-electron chi connectivity index (χ3n) is 1.99. The number of hydrogen-bond donors (Lipinski definition) is 0. The molecule has 59 valence electrons. The number of rotatable bonds is 0. The van der Waals surface area contributed by atoms with Gasteiger partial charge in [-0.15, -0.1) is 0 Å². The minimum atomic E-state index is 0.849. The van der Waals surface area contributed by atoms with Crippen LogP contribution in [0.1, 0.15) is 5.56 Å². The van der Waals surface area contributed by atoms with Crippen LogP contribution < -0.4 is 0 Å². The van der Waals surface area contributed by atoms with Crippen molar-refractivity contribution in [1.82, 2.24) is 0 Å². The van der Waals surface area contributed by atoms with Crippen LogP contribution in [0.3, 0.4) is 0 Å². The van der Waals surface area contributed by atoms with Crippen LogP contribution in [-0.2, 0) is 0 Å². The maximum absolute atomic E-state index is 6.11. The van der Waals surface area contributed by atoms with Crippen LogP contribution in [0.4, 0.5) is 0 Å². The van der Waals surface area contributed by atoms with E-state index in [0.717, 1.165) is 21.4 Å². The number of aryl methyl sites for hydroxylation is 1. The van der Waals surface area contributed by atoms with Crippen molar-refractivity contribution < 1.29 is 0 Å². The van der Waals surface area contributed by atoms with Gasteiger partial charge in [0.05, 0.1) is 5.02 Å². The summed E-state index contributed by atoms with van der Waals surface area (Å²) in [5, 5.41) is 3.10. The van der Waals surface area contributed by atoms with Crippen molar-refractivity contribution >= 4 is 22.4 Å². The van der Waals surface area contributed by atoms with Crippen LogP contribution in [0.25, 0.3) is 10.8 Å². The lowest BCUT2D eigenvalue weighted by molar-refractivity contribution is 1.50. The van der Waals surface area contributed by atoms with Gasteiger partial charge in [-0.2, -0.15) is 0 Å². The number of hydrogen-bond acceptors (Lipinski definition) is 0. The standard InChI is InChI=1S/C11H8Cl/c1-8-6-7-9-4-2-3-5-10(9)11(8)12/h3-7H,1H3. The smallest absolute Gasteiger partial charge is 0.0513 e. The van der Waals surface area contributed by atoms with Gasteiger partial charge in [0.25, 0.3) is 0 Å². The minimum Gasteiger partial charge on any atom is -0.0834 e. The summed E-state index contributed by atoms with van der Waals surface area (Å²) >= 11 is 6.11. The van der Waals surface area contributed by atoms with Crippen molar-refractivity contribution in [2.45, 2.75) is 6.92 Å². The highest BCUT2D eigenvalue weighted by Crippen LogP contribution is 2.25. The SMILES string of the molecule is Cc1ccc2c[c]ccc2c1Cl. The molecule has 0 atom stereocenters. The lowest BCUT2D eigenvalue weighted by atomic mass is 10.1. The van der Waals surface area contributed by atoms with Crippen LogP contribution in [0.15, 0.2) is 30.3 Å². The van der Waals surface area contributed by atoms with Gasteiger partial charge in [-0.25, -0.2) is 0 Å². The van der Waals surface area contributed by atoms with Crippen LogP contribution >= 0.6 is 11.6 Å². The predicted molar refractivity (Wildman–Crippen MR) is 52.5 cm³/mol. The molecule has 0 heterocycles. The minimum absolute atomic E-state index is 0.849. The predicted octanol–water partition coefficient (Wildman–Crippen LogP) is 3.60. The molecule has 2 rings (SSSR count). The summed E-state index contributed by atoms with van der Waals surface area (Å²) in [5.74, 6) is 0. The maximum atomic E-state index is 6.11. The topological polar surface area (TPSA) is 0 Å². The van der Waals surface area contributed by atoms with E-state index in [4.69, 9.17) is 11.6 Å². The average Bonchev–Trinajstić information content (AvgIpc) is 2.12. The molecule has 0 saturated heterocycles. The van der Waals surface area contributed by atoms with Crippen LogP contribution in [0.5, 0.6) is 0 Å². The monoisotopic (exact) mass is 175 g/mol. The summed E-state index contributed by atoms with van der Waals surface area (Å²) in [7, 11) is 0. The Bertz CT molecular complexity index is 418. The Balaban J connectivity index is 2.91. The highest BCUT2D eigenvalue weighted by molar-refractivity contribution is 6.36. The number of halogens is 1. The molecule has 0 nitrogen and oxygen atoms in total. The molecule has 0 fully saturated rings. The fraction of sp³-hybridized carbons (Fsp3) is 0.0909. The van der Waals surface area contributed by atoms with Gasteiger partial charge in [0.1, 0.15) is 0 Å². The largest absolute Gasteiger partial charge is 0.0834 e. The van der Waals surface area contributed by atoms with Crippen LogP contribution in [-0.4, -0.2) is 0 Å². The normalized spacial score (nSPS) is 10.5. The second-order valence-electron chi connectivity index (χ2n) is 2.84. The van der Waals surface area contributed by atoms with E-state index < -0.39 is 0 Å². The molecule has 2 aromatic carbocycles. The van der Waals surface area contributed by atoms with Crippen molar-refractivity contribution in [2.24, 2.45) is 0 Å². The van der Waals surface area contributed by atoms with Crippen LogP contribution in [0.2, 0.25) is 5.02 Å². The Hall–Kier alpha value is -1.01. The first-order valence-corrected chi connectivity index (χ1v) is 4.22. The summed E-state index contributed by atoms with van der Waals surface area (Å²) in [4.78, 5) is 0. The molecule has 0 aliphatic rings. The zero-order valence-electron chi connectivity index (χ0n) is 6.76. The number of fused-ring (bicyclic) bond motifs is 1. The third kappa shape index (κ3) is 1.09. The first-order chi connectivity index (χ1) is 5.79. The molecule has 12 heavy (non-hydrogen) atoms. The van der Waals surface area contributed by atoms with Gasteiger partial charge < -0.3 is 0 Å². The second-order valence-corrected chi connectivity index (χ2v) is 3.22. The van der Waals surface area contributed by atoms with Gasteiger partial charge in [0, 0.05) is 5.39 Å². The van der Waals surface area contributed by atoms with Gasteiger partial charge in [-0.1, -0.05) is 35.9 Å². The zero-order valence-corrected chi connectivity index (χ0v) is 7.52. The van der Waals surface area contributed by atoms with E-state index in [9.17, 15) is 0 Å². The van der Waals surface area contributed by atoms with Crippen molar-refractivity contribution in [2.75, 3.05) is 0 Å². The molecule has 0 saturated carbocycles. The van der Waals surface area contributed by atoms with E-state index in [0.29, 0.717) is 0 Å². The Morgan fingerprint density at radius 2 is 2.08 bits per heavy atom. The molecule has 0 amide bonds. The van der Waals surface area contributed by atoms with Gasteiger partial charge >= 0.3 is 0 Å². The summed E-state index contributed by atoms with van der Waals surface area (Å²) < 4.78 is 0. The highest BCUT2D eigenvalue weighted by Gasteiger charge is 1.99. The lowest BCUT2D eigenvalue weighted by Gasteiger charge is -2.01. The highest BCUT2D eigenvalue weighted by atomic mass is 35.5. The van der Waals surface area contributed by atoms with Gasteiger partial charge in [0.2, 0.25) is 0 Å². The van der Waals surface area contributed by atoms with E-state index >= 15 is 0 Å². The van der Waals surface area contributed by atoms with Gasteiger partial charge in [-0.3, -0.25) is 0 Å². The molecular formula is C11H8Cl. The third-order valence-corrected chi connectivity index (χ3v) is 2.49. The van der Waals surface area contributed by atoms with Gasteiger partial charge in [0.15, 0.2) is 0 Å². The van der Waals surface area contributed by atoms with E-state index in [1.54, 1.807) is 0 Å². The quantitative estimate of drug-likeness (QED) is 0.574. The summed E-state index contributed by atoms with van der Waals surface area (Å²) in [5.41, 5.74) is 1.12. The van der Waals surface area contributed by atoms with E-state index in [2.05, 4.69) is 12.1 Å². The van der Waals surface area contributed by atoms with E-state index in [1.807, 2.05) is 31.2 Å². The molecule has 0 aromatic heterocycles. The van der Waals surface area contributed by atoms with E-state index in [-0.39, 0.29) is 0 Å². The molecule has 0 unspecified atom stereocenters. The fourth-order valence-electron chi connectivity index (χ4n) is 1.28. The Morgan fingerprint density at radius 1 is 1.25 bits per heavy atom. The maximum Gasteiger partial charge on any atom is 0.0513 e. The van der Waals surface area contributed by atoms with Crippen molar-refractivity contribution in [3.63, 3.8) is 0 Å². The molecular weight excluding hydrogens is 168 g/mol. The summed E-state index contributed by atoms with van der Waals surface area (Å²) in [6.45, 7) is 2.01. The first-order valence-electron chi connectivity index (χ1n) is 3.84. The first kappa shape index (κ1) is 7.63. The molecule has 1 heteroatoms. The summed E-state index contributed by atoms with van der Waals surface area (Å²) in [6.07, 6.45) is 0. The average molecular weight is 176 g/mol. The Labute approximate surface area is 76.8 Å². The zero-order chi connectivity index (χ0) is 8.55. The lowest BCUT2D eigenvalue weighted by Crippen LogP contribution is -1.77. The molecule has 1 radical (unpaired) electrons. The molecule has 2 aromatic rings. The number of benzene rings is 2. The van der Waals surface area contributed by atoms with Crippen LogP contribution in [0, 0.1) is 13.0 Å². The van der Waals surface area contributed by atoms with Crippen molar-refractivity contribution in [3.05, 3.63) is 47.0 Å². The van der Waals surface area contributed by atoms with Crippen molar-refractivity contribution in [3.8, 4) is 0 Å². The Morgan fingerprint density at radius 3 is 2.92 bits per heavy atom.